The molecule has 0 amide bonds. The highest BCUT2D eigenvalue weighted by atomic mass is 16.5. The Hall–Kier alpha value is -0.120. The second-order valence-electron chi connectivity index (χ2n) is 6.99. The molecular weight excluding hydrogens is 250 g/mol. The van der Waals surface area contributed by atoms with Crippen LogP contribution in [0.5, 0.6) is 0 Å². The molecule has 3 unspecified atom stereocenters. The van der Waals surface area contributed by atoms with Crippen LogP contribution in [0.15, 0.2) is 0 Å². The molecule has 2 aliphatic rings. The van der Waals surface area contributed by atoms with Crippen molar-refractivity contribution in [3.8, 4) is 0 Å². The van der Waals surface area contributed by atoms with Gasteiger partial charge in [-0.3, -0.25) is 0 Å². The minimum Gasteiger partial charge on any atom is -0.393 e. The van der Waals surface area contributed by atoms with E-state index >= 15 is 0 Å². The molecule has 0 aromatic rings. The van der Waals surface area contributed by atoms with Crippen LogP contribution in [0.1, 0.15) is 51.9 Å². The zero-order valence-corrected chi connectivity index (χ0v) is 13.4. The molecule has 3 atom stereocenters. The Morgan fingerprint density at radius 3 is 2.50 bits per heavy atom. The largest absolute Gasteiger partial charge is 0.393 e. The summed E-state index contributed by atoms with van der Waals surface area (Å²) >= 11 is 0. The Morgan fingerprint density at radius 1 is 1.10 bits per heavy atom. The molecule has 0 spiro atoms. The maximum absolute atomic E-state index is 10.3. The zero-order chi connectivity index (χ0) is 14.4. The third-order valence-electron chi connectivity index (χ3n) is 5.35. The Labute approximate surface area is 124 Å². The number of hydrogen-bond acceptors (Lipinski definition) is 3. The average molecular weight is 283 g/mol. The van der Waals surface area contributed by atoms with Crippen molar-refractivity contribution >= 4 is 0 Å². The molecule has 1 aliphatic carbocycles. The van der Waals surface area contributed by atoms with Crippen molar-refractivity contribution in [3.63, 3.8) is 0 Å². The Balaban J connectivity index is 1.74. The number of hydrogen-bond donors (Lipinski definition) is 1. The first-order valence-corrected chi connectivity index (χ1v) is 8.62. The third-order valence-corrected chi connectivity index (χ3v) is 5.35. The van der Waals surface area contributed by atoms with Crippen molar-refractivity contribution in [2.75, 3.05) is 33.4 Å². The van der Waals surface area contributed by atoms with E-state index in [9.17, 15) is 5.11 Å². The van der Waals surface area contributed by atoms with Crippen LogP contribution in [0.3, 0.4) is 0 Å². The van der Waals surface area contributed by atoms with Crippen molar-refractivity contribution < 1.29 is 9.84 Å². The smallest absolute Gasteiger partial charge is 0.0580 e. The van der Waals surface area contributed by atoms with E-state index in [2.05, 4.69) is 11.8 Å². The predicted molar refractivity (Wildman–Crippen MR) is 82.8 cm³/mol. The van der Waals surface area contributed by atoms with Crippen molar-refractivity contribution in [1.82, 2.24) is 4.90 Å². The summed E-state index contributed by atoms with van der Waals surface area (Å²) in [6, 6.07) is 0. The fourth-order valence-electron chi connectivity index (χ4n) is 4.11. The summed E-state index contributed by atoms with van der Waals surface area (Å²) in [6.07, 6.45) is 8.60. The number of likely N-dealkylation sites (tertiary alicyclic amines) is 1. The van der Waals surface area contributed by atoms with Crippen LogP contribution in [0, 0.1) is 17.8 Å². The van der Waals surface area contributed by atoms with Crippen LogP contribution >= 0.6 is 0 Å². The molecule has 1 saturated carbocycles. The summed E-state index contributed by atoms with van der Waals surface area (Å²) in [4.78, 5) is 2.58. The maximum atomic E-state index is 10.3. The van der Waals surface area contributed by atoms with E-state index in [1.165, 1.54) is 51.6 Å². The summed E-state index contributed by atoms with van der Waals surface area (Å²) < 4.78 is 5.27. The number of aliphatic hydroxyl groups excluding tert-OH is 1. The van der Waals surface area contributed by atoms with Gasteiger partial charge >= 0.3 is 0 Å². The van der Waals surface area contributed by atoms with Crippen LogP contribution in [-0.4, -0.2) is 49.5 Å². The van der Waals surface area contributed by atoms with Gasteiger partial charge in [0.1, 0.15) is 0 Å². The van der Waals surface area contributed by atoms with E-state index in [1.807, 2.05) is 0 Å². The molecule has 3 heteroatoms. The molecule has 118 valence electrons. The maximum Gasteiger partial charge on any atom is 0.0580 e. The van der Waals surface area contributed by atoms with Crippen LogP contribution in [-0.2, 0) is 4.74 Å². The first-order chi connectivity index (χ1) is 9.72. The minimum absolute atomic E-state index is 0.0557. The van der Waals surface area contributed by atoms with E-state index < -0.39 is 0 Å². The van der Waals surface area contributed by atoms with E-state index in [0.29, 0.717) is 5.92 Å². The Bertz CT molecular complexity index is 264. The quantitative estimate of drug-likeness (QED) is 0.813. The lowest BCUT2D eigenvalue weighted by Gasteiger charge is -2.39. The van der Waals surface area contributed by atoms with Crippen LogP contribution in [0.4, 0.5) is 0 Å². The fraction of sp³-hybridized carbons (Fsp3) is 1.00. The van der Waals surface area contributed by atoms with Crippen molar-refractivity contribution in [2.45, 2.75) is 58.0 Å². The van der Waals surface area contributed by atoms with E-state index in [1.54, 1.807) is 7.11 Å². The second kappa shape index (κ2) is 8.35. The molecule has 3 nitrogen and oxygen atoms in total. The predicted octanol–water partition coefficient (Wildman–Crippen LogP) is 2.92. The molecular formula is C17H33NO2. The van der Waals surface area contributed by atoms with Crippen LogP contribution in [0.2, 0.25) is 0 Å². The summed E-state index contributed by atoms with van der Waals surface area (Å²) in [6.45, 7) is 6.69. The molecule has 20 heavy (non-hydrogen) atoms. The summed E-state index contributed by atoms with van der Waals surface area (Å²) in [5, 5.41) is 10.3. The molecule has 0 aromatic heterocycles. The van der Waals surface area contributed by atoms with Gasteiger partial charge in [0.15, 0.2) is 0 Å². The first-order valence-electron chi connectivity index (χ1n) is 8.62. The monoisotopic (exact) mass is 283 g/mol. The molecule has 1 heterocycles. The van der Waals surface area contributed by atoms with Gasteiger partial charge in [-0.05, 0) is 62.9 Å². The minimum atomic E-state index is -0.0557. The first kappa shape index (κ1) is 16.3. The van der Waals surface area contributed by atoms with Crippen LogP contribution < -0.4 is 0 Å². The van der Waals surface area contributed by atoms with Crippen LogP contribution in [0.25, 0.3) is 0 Å². The molecule has 2 rings (SSSR count). The lowest BCUT2D eigenvalue weighted by Crippen LogP contribution is -2.42. The Morgan fingerprint density at radius 2 is 1.85 bits per heavy atom. The van der Waals surface area contributed by atoms with Gasteiger partial charge in [0, 0.05) is 20.3 Å². The van der Waals surface area contributed by atoms with E-state index in [-0.39, 0.29) is 6.10 Å². The van der Waals surface area contributed by atoms with Gasteiger partial charge in [-0.2, -0.15) is 0 Å². The molecule has 0 radical (unpaired) electrons. The normalized spacial score (nSPS) is 33.5. The second-order valence-corrected chi connectivity index (χ2v) is 6.99. The van der Waals surface area contributed by atoms with E-state index in [4.69, 9.17) is 4.74 Å². The van der Waals surface area contributed by atoms with Gasteiger partial charge in [0.2, 0.25) is 0 Å². The zero-order valence-electron chi connectivity index (χ0n) is 13.4. The molecule has 2 fully saturated rings. The molecule has 1 aliphatic heterocycles. The van der Waals surface area contributed by atoms with Gasteiger partial charge in [-0.1, -0.05) is 19.8 Å². The lowest BCUT2D eigenvalue weighted by molar-refractivity contribution is 0.0153. The topological polar surface area (TPSA) is 32.7 Å². The lowest BCUT2D eigenvalue weighted by atomic mass is 9.77. The van der Waals surface area contributed by atoms with Gasteiger partial charge in [-0.15, -0.1) is 0 Å². The highest BCUT2D eigenvalue weighted by Crippen LogP contribution is 2.33. The van der Waals surface area contributed by atoms with Gasteiger partial charge < -0.3 is 14.7 Å². The third kappa shape index (κ3) is 4.71. The SMILES string of the molecule is CCCC1CCC(O)C(CN2CCC(COC)CC2)C1. The highest BCUT2D eigenvalue weighted by Gasteiger charge is 2.31. The summed E-state index contributed by atoms with van der Waals surface area (Å²) in [5.74, 6) is 2.12. The summed E-state index contributed by atoms with van der Waals surface area (Å²) in [5.41, 5.74) is 0. The summed E-state index contributed by atoms with van der Waals surface area (Å²) in [7, 11) is 1.80. The van der Waals surface area contributed by atoms with Gasteiger partial charge in [-0.25, -0.2) is 0 Å². The van der Waals surface area contributed by atoms with Gasteiger partial charge in [0.05, 0.1) is 6.10 Å². The van der Waals surface area contributed by atoms with Crippen molar-refractivity contribution in [2.24, 2.45) is 17.8 Å². The number of aliphatic hydroxyl groups is 1. The molecule has 1 N–H and O–H groups in total. The number of rotatable bonds is 6. The van der Waals surface area contributed by atoms with Crippen molar-refractivity contribution in [3.05, 3.63) is 0 Å². The standard InChI is InChI=1S/C17H33NO2/c1-3-4-14-5-6-17(19)16(11-14)12-18-9-7-15(8-10-18)13-20-2/h14-17,19H,3-13H2,1-2H3. The van der Waals surface area contributed by atoms with Gasteiger partial charge in [0.25, 0.3) is 0 Å². The number of nitrogens with zero attached hydrogens (tertiary/aromatic N) is 1. The fourth-order valence-corrected chi connectivity index (χ4v) is 4.11. The number of piperidine rings is 1. The molecule has 0 bridgehead atoms. The Kier molecular flexibility index (Phi) is 6.79. The van der Waals surface area contributed by atoms with Crippen molar-refractivity contribution in [1.29, 1.82) is 0 Å². The van der Waals surface area contributed by atoms with E-state index in [0.717, 1.165) is 31.4 Å². The highest BCUT2D eigenvalue weighted by molar-refractivity contribution is 4.83. The molecule has 0 aromatic carbocycles. The average Bonchev–Trinajstić information content (AvgIpc) is 2.45. The number of methoxy groups -OCH3 is 1. The molecule has 1 saturated heterocycles. The number of ether oxygens (including phenoxy) is 1.